The maximum atomic E-state index is 13.4. The fraction of sp³-hybridized carbons (Fsp3) is 0.217. The first-order chi connectivity index (χ1) is 16.5. The molecule has 0 bridgehead atoms. The summed E-state index contributed by atoms with van der Waals surface area (Å²) >= 11 is 0. The molecule has 4 rings (SSSR count). The van der Waals surface area contributed by atoms with E-state index in [9.17, 15) is 23.1 Å². The molecule has 1 unspecified atom stereocenters. The van der Waals surface area contributed by atoms with E-state index in [0.717, 1.165) is 11.6 Å². The summed E-state index contributed by atoms with van der Waals surface area (Å²) in [6, 6.07) is 4.84. The number of benzene rings is 1. The summed E-state index contributed by atoms with van der Waals surface area (Å²) in [4.78, 5) is 24.1. The van der Waals surface area contributed by atoms with Gasteiger partial charge in [-0.3, -0.25) is 9.99 Å². The minimum Gasteiger partial charge on any atom is -0.497 e. The van der Waals surface area contributed by atoms with Gasteiger partial charge in [0.2, 0.25) is 5.95 Å². The maximum absolute atomic E-state index is 13.4. The molecule has 0 saturated carbocycles. The van der Waals surface area contributed by atoms with Crippen molar-refractivity contribution in [3.05, 3.63) is 65.8 Å². The molecule has 0 aliphatic carbocycles. The van der Waals surface area contributed by atoms with Gasteiger partial charge in [0.05, 0.1) is 12.7 Å². The number of pyridine rings is 1. The van der Waals surface area contributed by atoms with Gasteiger partial charge in [0, 0.05) is 47.2 Å². The average molecular weight is 486 g/mol. The molecular formula is C23H21F3N6O3. The van der Waals surface area contributed by atoms with E-state index >= 15 is 0 Å². The van der Waals surface area contributed by atoms with Gasteiger partial charge in [0.15, 0.2) is 5.82 Å². The van der Waals surface area contributed by atoms with Crippen molar-refractivity contribution in [1.29, 1.82) is 0 Å². The van der Waals surface area contributed by atoms with Gasteiger partial charge in [-0.15, -0.1) is 0 Å². The van der Waals surface area contributed by atoms with Crippen LogP contribution in [0.1, 0.15) is 22.8 Å². The summed E-state index contributed by atoms with van der Waals surface area (Å²) in [6.45, 7) is 3.39. The number of aromatic nitrogens is 3. The smallest absolute Gasteiger partial charge is 0.409 e. The minimum atomic E-state index is -4.52. The number of hydrazine groups is 1. The zero-order chi connectivity index (χ0) is 25.3. The van der Waals surface area contributed by atoms with Crippen LogP contribution in [-0.2, 0) is 0 Å². The fourth-order valence-electron chi connectivity index (χ4n) is 3.57. The van der Waals surface area contributed by atoms with Crippen molar-refractivity contribution in [3.63, 3.8) is 0 Å². The second kappa shape index (κ2) is 9.22. The topological polar surface area (TPSA) is 112 Å². The number of hydrogen-bond donors (Lipinski definition) is 3. The summed E-state index contributed by atoms with van der Waals surface area (Å²) in [6.07, 6.45) is 0.482. The van der Waals surface area contributed by atoms with Gasteiger partial charge in [0.1, 0.15) is 11.8 Å². The number of carboxylic acid groups (broad SMARTS) is 1. The monoisotopic (exact) mass is 486 g/mol. The molecule has 12 heteroatoms. The van der Waals surface area contributed by atoms with Crippen LogP contribution in [0.25, 0.3) is 11.1 Å². The summed E-state index contributed by atoms with van der Waals surface area (Å²) in [5, 5.41) is 13.6. The number of carbonyl (C=O) groups is 1. The quantitative estimate of drug-likeness (QED) is 0.465. The zero-order valence-corrected chi connectivity index (χ0v) is 18.9. The molecule has 1 aliphatic rings. The van der Waals surface area contributed by atoms with E-state index in [4.69, 9.17) is 4.74 Å². The number of alkyl halides is 3. The van der Waals surface area contributed by atoms with Crippen LogP contribution in [0.15, 0.2) is 54.6 Å². The van der Waals surface area contributed by atoms with Crippen molar-refractivity contribution >= 4 is 23.4 Å². The molecule has 3 aromatic rings. The maximum Gasteiger partial charge on any atom is 0.409 e. The molecule has 3 heterocycles. The van der Waals surface area contributed by atoms with E-state index in [1.807, 2.05) is 19.1 Å². The molecule has 3 N–H and O–H groups in total. The third kappa shape index (κ3) is 5.17. The number of carboxylic acids is 1. The van der Waals surface area contributed by atoms with Crippen LogP contribution in [0.5, 0.6) is 5.75 Å². The van der Waals surface area contributed by atoms with E-state index < -0.39 is 18.2 Å². The van der Waals surface area contributed by atoms with Crippen LogP contribution < -0.4 is 20.5 Å². The first kappa shape index (κ1) is 24.0. The number of anilines is 3. The van der Waals surface area contributed by atoms with Gasteiger partial charge < -0.3 is 15.2 Å². The normalized spacial score (nSPS) is 15.7. The Morgan fingerprint density at radius 2 is 1.94 bits per heavy atom. The fourth-order valence-corrected chi connectivity index (χ4v) is 3.57. The second-order valence-electron chi connectivity index (χ2n) is 7.85. The minimum absolute atomic E-state index is 0.0858. The summed E-state index contributed by atoms with van der Waals surface area (Å²) in [7, 11) is 1.53. The van der Waals surface area contributed by atoms with Crippen molar-refractivity contribution in [2.24, 2.45) is 0 Å². The Kier molecular flexibility index (Phi) is 6.31. The number of halogens is 3. The standard InChI is InChI=1S/C23H21F3N6O3/c1-12-4-16(8-17(5-12)35-3)29-22-28-11-18(14-7-15(21(33)34)10-27-9-14)20(30-22)32-13(2)6-19(31-32)23(24,25)26/h4-11,19,31H,1-3H3,(H,33,34)(H,28,29,30). The number of rotatable bonds is 6. The highest BCUT2D eigenvalue weighted by atomic mass is 19.4. The van der Waals surface area contributed by atoms with Crippen molar-refractivity contribution in [3.8, 4) is 16.9 Å². The van der Waals surface area contributed by atoms with Crippen LogP contribution in [0.4, 0.5) is 30.6 Å². The highest BCUT2D eigenvalue weighted by molar-refractivity contribution is 5.90. The van der Waals surface area contributed by atoms with E-state index in [0.29, 0.717) is 17.0 Å². The molecule has 1 aliphatic heterocycles. The van der Waals surface area contributed by atoms with E-state index in [1.165, 1.54) is 43.7 Å². The number of hydrogen-bond acceptors (Lipinski definition) is 8. The van der Waals surface area contributed by atoms with Gasteiger partial charge in [-0.2, -0.15) is 18.2 Å². The van der Waals surface area contributed by atoms with E-state index in [-0.39, 0.29) is 28.6 Å². The molecule has 35 heavy (non-hydrogen) atoms. The van der Waals surface area contributed by atoms with Crippen LogP contribution in [0, 0.1) is 6.92 Å². The van der Waals surface area contributed by atoms with Crippen LogP contribution in [0.3, 0.4) is 0 Å². The molecule has 0 radical (unpaired) electrons. The average Bonchev–Trinajstić information content (AvgIpc) is 3.20. The number of nitrogens with one attached hydrogen (secondary N) is 2. The van der Waals surface area contributed by atoms with Gasteiger partial charge in [-0.05, 0) is 43.7 Å². The Balaban J connectivity index is 1.79. The molecule has 182 valence electrons. The first-order valence-electron chi connectivity index (χ1n) is 10.3. The lowest BCUT2D eigenvalue weighted by molar-refractivity contribution is -0.142. The van der Waals surface area contributed by atoms with Gasteiger partial charge in [-0.1, -0.05) is 0 Å². The molecule has 0 spiro atoms. The molecule has 9 nitrogen and oxygen atoms in total. The van der Waals surface area contributed by atoms with Crippen LogP contribution in [0.2, 0.25) is 0 Å². The van der Waals surface area contributed by atoms with Crippen molar-refractivity contribution in [2.45, 2.75) is 26.1 Å². The number of allylic oxidation sites excluding steroid dienone is 1. The lowest BCUT2D eigenvalue weighted by atomic mass is 10.1. The Hall–Kier alpha value is -4.19. The highest BCUT2D eigenvalue weighted by Crippen LogP contribution is 2.35. The van der Waals surface area contributed by atoms with Gasteiger partial charge in [0.25, 0.3) is 0 Å². The third-order valence-electron chi connectivity index (χ3n) is 5.20. The molecule has 0 saturated heterocycles. The molecule has 0 amide bonds. The lowest BCUT2D eigenvalue weighted by Crippen LogP contribution is -2.45. The Labute approximate surface area is 198 Å². The van der Waals surface area contributed by atoms with E-state index in [1.54, 1.807) is 6.07 Å². The zero-order valence-electron chi connectivity index (χ0n) is 18.9. The largest absolute Gasteiger partial charge is 0.497 e. The second-order valence-corrected chi connectivity index (χ2v) is 7.85. The first-order valence-corrected chi connectivity index (χ1v) is 10.3. The Bertz CT molecular complexity index is 1310. The Morgan fingerprint density at radius 3 is 2.60 bits per heavy atom. The number of methoxy groups -OCH3 is 1. The number of aryl methyl sites for hydroxylation is 1. The Morgan fingerprint density at radius 1 is 1.17 bits per heavy atom. The summed E-state index contributed by atoms with van der Waals surface area (Å²) < 4.78 is 45.5. The molecular weight excluding hydrogens is 465 g/mol. The van der Waals surface area contributed by atoms with E-state index in [2.05, 4.69) is 25.7 Å². The molecule has 0 fully saturated rings. The van der Waals surface area contributed by atoms with Gasteiger partial charge in [-0.25, -0.2) is 15.2 Å². The van der Waals surface area contributed by atoms with Gasteiger partial charge >= 0.3 is 12.1 Å². The van der Waals surface area contributed by atoms with Crippen molar-refractivity contribution < 1.29 is 27.8 Å². The number of ether oxygens (including phenoxy) is 1. The lowest BCUT2D eigenvalue weighted by Gasteiger charge is -2.25. The highest BCUT2D eigenvalue weighted by Gasteiger charge is 2.43. The van der Waals surface area contributed by atoms with Crippen molar-refractivity contribution in [1.82, 2.24) is 20.4 Å². The number of aromatic carboxylic acids is 1. The summed E-state index contributed by atoms with van der Waals surface area (Å²) in [5.41, 5.74) is 4.72. The van der Waals surface area contributed by atoms with Crippen molar-refractivity contribution in [2.75, 3.05) is 17.4 Å². The predicted octanol–water partition coefficient (Wildman–Crippen LogP) is 4.46. The number of nitrogens with zero attached hydrogens (tertiary/aromatic N) is 4. The predicted molar refractivity (Wildman–Crippen MR) is 122 cm³/mol. The van der Waals surface area contributed by atoms with Crippen LogP contribution >= 0.6 is 0 Å². The SMILES string of the molecule is COc1cc(C)cc(Nc2ncc(-c3cncc(C(=O)O)c3)c(N3NC(C(F)(F)F)C=C3C)n2)c1. The molecule has 1 aromatic carbocycles. The summed E-state index contributed by atoms with van der Waals surface area (Å²) in [5.74, 6) is -0.384. The molecule has 1 atom stereocenters. The third-order valence-corrected chi connectivity index (χ3v) is 5.20. The van der Waals surface area contributed by atoms with Crippen LogP contribution in [-0.4, -0.2) is 45.4 Å². The molecule has 2 aromatic heterocycles.